The van der Waals surface area contributed by atoms with Crippen molar-refractivity contribution in [3.8, 4) is 0 Å². The van der Waals surface area contributed by atoms with Crippen molar-refractivity contribution in [3.63, 3.8) is 0 Å². The molecule has 39 heavy (non-hydrogen) atoms. The average Bonchev–Trinajstić information content (AvgIpc) is 3.16. The number of aliphatic hydroxyl groups excluding tert-OH is 1. The van der Waals surface area contributed by atoms with E-state index in [4.69, 9.17) is 5.11 Å². The summed E-state index contributed by atoms with van der Waals surface area (Å²) in [5, 5.41) is 18.4. The third kappa shape index (κ3) is 5.92. The summed E-state index contributed by atoms with van der Waals surface area (Å²) in [5.74, 6) is 0. The normalized spacial score (nSPS) is 13.7. The van der Waals surface area contributed by atoms with Crippen LogP contribution in [0.3, 0.4) is 0 Å². The van der Waals surface area contributed by atoms with Crippen LogP contribution >= 0.6 is 0 Å². The highest BCUT2D eigenvalue weighted by molar-refractivity contribution is 6.04. The number of benzene rings is 3. The molecule has 0 unspecified atom stereocenters. The van der Waals surface area contributed by atoms with Gasteiger partial charge in [-0.1, -0.05) is 97.1 Å². The lowest BCUT2D eigenvalue weighted by atomic mass is 9.82. The van der Waals surface area contributed by atoms with Gasteiger partial charge in [0, 0.05) is 28.2 Å². The Morgan fingerprint density at radius 1 is 0.821 bits per heavy atom. The molecule has 194 valence electrons. The van der Waals surface area contributed by atoms with Crippen LogP contribution in [0.2, 0.25) is 0 Å². The van der Waals surface area contributed by atoms with Crippen molar-refractivity contribution in [2.75, 3.05) is 11.9 Å². The summed E-state index contributed by atoms with van der Waals surface area (Å²) < 4.78 is 0. The summed E-state index contributed by atoms with van der Waals surface area (Å²) in [6.07, 6.45) is 11.2. The molecule has 0 radical (unpaired) electrons. The molecule has 0 heterocycles. The van der Waals surface area contributed by atoms with E-state index >= 15 is 0 Å². The van der Waals surface area contributed by atoms with Gasteiger partial charge in [-0.15, -0.1) is 0 Å². The Hall–Kier alpha value is -4.67. The fourth-order valence-electron chi connectivity index (χ4n) is 5.05. The second-order valence-corrected chi connectivity index (χ2v) is 9.50. The highest BCUT2D eigenvalue weighted by Gasteiger charge is 2.24. The van der Waals surface area contributed by atoms with Crippen LogP contribution in [0.4, 0.5) is 11.4 Å². The topological polar surface area (TPSA) is 61.4 Å². The summed E-state index contributed by atoms with van der Waals surface area (Å²) in [4.78, 5) is 12.8. The molecule has 0 fully saturated rings. The van der Waals surface area contributed by atoms with Gasteiger partial charge in [-0.2, -0.15) is 0 Å². The lowest BCUT2D eigenvalue weighted by Crippen LogP contribution is -2.19. The number of aliphatic hydroxyl groups is 1. The Morgan fingerprint density at radius 2 is 1.62 bits per heavy atom. The van der Waals surface area contributed by atoms with Crippen molar-refractivity contribution in [2.24, 2.45) is 0 Å². The van der Waals surface area contributed by atoms with E-state index in [0.29, 0.717) is 5.69 Å². The first-order chi connectivity index (χ1) is 19.2. The Labute approximate surface area is 229 Å². The van der Waals surface area contributed by atoms with Crippen LogP contribution in [0, 0.1) is 0 Å². The third-order valence-electron chi connectivity index (χ3n) is 6.84. The van der Waals surface area contributed by atoms with Crippen molar-refractivity contribution < 1.29 is 5.11 Å². The van der Waals surface area contributed by atoms with E-state index in [1.54, 1.807) is 18.2 Å². The van der Waals surface area contributed by atoms with Crippen molar-refractivity contribution in [1.82, 2.24) is 5.32 Å². The van der Waals surface area contributed by atoms with Crippen LogP contribution in [0.5, 0.6) is 0 Å². The first kappa shape index (κ1) is 26.0. The maximum absolute atomic E-state index is 12.8. The van der Waals surface area contributed by atoms with Gasteiger partial charge in [-0.3, -0.25) is 4.79 Å². The van der Waals surface area contributed by atoms with E-state index in [1.807, 2.05) is 42.5 Å². The minimum absolute atomic E-state index is 0.0252. The molecule has 3 N–H and O–H groups in total. The Balaban J connectivity index is 1.71. The number of allylic oxidation sites excluding steroid dienone is 6. The van der Waals surface area contributed by atoms with E-state index in [0.717, 1.165) is 51.8 Å². The van der Waals surface area contributed by atoms with E-state index in [1.165, 1.54) is 11.1 Å². The molecule has 4 nitrogen and oxygen atoms in total. The number of fused-ring (bicyclic) bond motifs is 2. The lowest BCUT2D eigenvalue weighted by Gasteiger charge is -2.27. The van der Waals surface area contributed by atoms with E-state index in [-0.39, 0.29) is 12.0 Å². The van der Waals surface area contributed by atoms with Crippen LogP contribution in [-0.4, -0.2) is 11.7 Å². The largest absolute Gasteiger partial charge is 0.392 e. The molecule has 4 heteroatoms. The van der Waals surface area contributed by atoms with Crippen molar-refractivity contribution in [2.45, 2.75) is 19.8 Å². The predicted octanol–water partition coefficient (Wildman–Crippen LogP) is 7.25. The van der Waals surface area contributed by atoms with Crippen molar-refractivity contribution in [3.05, 3.63) is 160 Å². The van der Waals surface area contributed by atoms with Gasteiger partial charge in [-0.25, -0.2) is 0 Å². The minimum Gasteiger partial charge on any atom is -0.392 e. The van der Waals surface area contributed by atoms with Crippen LogP contribution in [0.25, 0.3) is 16.3 Å². The number of nitrogens with one attached hydrogen (secondary N) is 2. The van der Waals surface area contributed by atoms with E-state index < -0.39 is 0 Å². The smallest absolute Gasteiger partial charge is 0.201 e. The Bertz CT molecular complexity index is 1680. The molecule has 0 aromatic heterocycles. The molecular weight excluding hydrogens is 480 g/mol. The van der Waals surface area contributed by atoms with Crippen molar-refractivity contribution in [1.29, 1.82) is 0 Å². The molecule has 0 bridgehead atoms. The van der Waals surface area contributed by atoms with E-state index in [9.17, 15) is 4.79 Å². The number of anilines is 2. The van der Waals surface area contributed by atoms with Crippen LogP contribution in [-0.2, 0) is 6.42 Å². The molecule has 0 spiro atoms. The minimum atomic E-state index is -0.0590. The zero-order valence-electron chi connectivity index (χ0n) is 22.0. The monoisotopic (exact) mass is 512 g/mol. The molecule has 5 rings (SSSR count). The number of hydrogen-bond donors (Lipinski definition) is 3. The van der Waals surface area contributed by atoms with E-state index in [2.05, 4.69) is 78.2 Å². The van der Waals surface area contributed by atoms with Gasteiger partial charge in [-0.05, 0) is 65.9 Å². The zero-order valence-corrected chi connectivity index (χ0v) is 22.0. The average molecular weight is 513 g/mol. The molecule has 0 aliphatic heterocycles. The second-order valence-electron chi connectivity index (χ2n) is 9.50. The molecule has 1 aliphatic rings. The maximum atomic E-state index is 12.8. The van der Waals surface area contributed by atoms with Gasteiger partial charge in [0.1, 0.15) is 0 Å². The number of hydrogen-bond acceptors (Lipinski definition) is 4. The molecule has 0 amide bonds. The Morgan fingerprint density at radius 3 is 2.51 bits per heavy atom. The Kier molecular flexibility index (Phi) is 8.15. The van der Waals surface area contributed by atoms with Crippen molar-refractivity contribution >= 4 is 27.7 Å². The fraction of sp³-hybridized carbons (Fsp3) is 0.114. The van der Waals surface area contributed by atoms with Crippen LogP contribution in [0.15, 0.2) is 138 Å². The molecule has 4 aromatic carbocycles. The van der Waals surface area contributed by atoms with Crippen LogP contribution < -0.4 is 16.1 Å². The molecular formula is C35H32N2O2. The fourth-order valence-corrected chi connectivity index (χ4v) is 5.05. The molecule has 0 saturated heterocycles. The second kappa shape index (κ2) is 12.2. The SMILES string of the molecule is C\C(=C/C=C\C=C/CO)NC1=C(c2c(Nc3cccccc3=O)ccc3ccccc23)c2ccccc2CC1. The summed E-state index contributed by atoms with van der Waals surface area (Å²) in [7, 11) is 0. The summed E-state index contributed by atoms with van der Waals surface area (Å²) in [6.45, 7) is 2.08. The quantitative estimate of drug-likeness (QED) is 0.218. The van der Waals surface area contributed by atoms with Gasteiger partial charge < -0.3 is 15.7 Å². The molecule has 0 atom stereocenters. The summed E-state index contributed by atoms with van der Waals surface area (Å²) in [6, 6.07) is 30.1. The highest BCUT2D eigenvalue weighted by Crippen LogP contribution is 2.42. The lowest BCUT2D eigenvalue weighted by molar-refractivity contribution is 0.343. The summed E-state index contributed by atoms with van der Waals surface area (Å²) in [5.41, 5.74) is 8.24. The predicted molar refractivity (Wildman–Crippen MR) is 163 cm³/mol. The van der Waals surface area contributed by atoms with Gasteiger partial charge in [0.05, 0.1) is 12.3 Å². The first-order valence-corrected chi connectivity index (χ1v) is 13.2. The van der Waals surface area contributed by atoms with Gasteiger partial charge in [0.2, 0.25) is 5.43 Å². The zero-order chi connectivity index (χ0) is 27.0. The van der Waals surface area contributed by atoms with Gasteiger partial charge in [0.25, 0.3) is 0 Å². The molecule has 1 aliphatic carbocycles. The first-order valence-electron chi connectivity index (χ1n) is 13.2. The highest BCUT2D eigenvalue weighted by atomic mass is 16.2. The number of aryl methyl sites for hydroxylation is 1. The molecule has 4 aromatic rings. The van der Waals surface area contributed by atoms with Crippen LogP contribution in [0.1, 0.15) is 30.0 Å². The van der Waals surface area contributed by atoms with Gasteiger partial charge >= 0.3 is 0 Å². The summed E-state index contributed by atoms with van der Waals surface area (Å²) >= 11 is 0. The standard InChI is InChI=1S/C35H32N2O2/c1-25(13-5-2-3-12-24-38)36-31-22-20-26-14-8-10-16-28(26)34(31)35-29-17-11-9-15-27(29)21-23-32(35)37-30-18-6-4-7-19-33(30)39/h2-19,21,23,36,38H,20,22,24H2,1H3,(H,37,39)/b5-2-,12-3-,25-13+. The maximum Gasteiger partial charge on any atom is 0.201 e. The third-order valence-corrected chi connectivity index (χ3v) is 6.84. The number of rotatable bonds is 8. The van der Waals surface area contributed by atoms with Gasteiger partial charge in [0.15, 0.2) is 0 Å². The molecule has 0 saturated carbocycles.